The summed E-state index contributed by atoms with van der Waals surface area (Å²) in [7, 11) is 3.22. The lowest BCUT2D eigenvalue weighted by molar-refractivity contribution is 0.0694. The summed E-state index contributed by atoms with van der Waals surface area (Å²) in [6.45, 7) is 5.46. The third-order valence-corrected chi connectivity index (χ3v) is 5.41. The van der Waals surface area contributed by atoms with Crippen molar-refractivity contribution in [3.8, 4) is 11.5 Å². The molecule has 1 heterocycles. The van der Waals surface area contributed by atoms with Crippen LogP contribution in [-0.4, -0.2) is 29.9 Å². The Hall–Kier alpha value is -3.25. The second-order valence-corrected chi connectivity index (χ2v) is 7.16. The lowest BCUT2D eigenvalue weighted by atomic mass is 10.1. The van der Waals surface area contributed by atoms with Crippen LogP contribution in [0.25, 0.3) is 0 Å². The summed E-state index contributed by atoms with van der Waals surface area (Å²) in [6, 6.07) is 15.8. The zero-order valence-electron chi connectivity index (χ0n) is 17.9. The van der Waals surface area contributed by atoms with Crippen LogP contribution in [0.4, 0.5) is 0 Å². The number of carboxylic acids is 1. The minimum atomic E-state index is -0.904. The van der Waals surface area contributed by atoms with Crippen molar-refractivity contribution in [3.63, 3.8) is 0 Å². The van der Waals surface area contributed by atoms with E-state index in [1.54, 1.807) is 14.2 Å². The first kappa shape index (κ1) is 21.5. The van der Waals surface area contributed by atoms with Crippen LogP contribution in [-0.2, 0) is 19.6 Å². The van der Waals surface area contributed by atoms with E-state index < -0.39 is 5.97 Å². The van der Waals surface area contributed by atoms with Gasteiger partial charge in [-0.1, -0.05) is 42.5 Å². The molecule has 0 saturated carbocycles. The van der Waals surface area contributed by atoms with E-state index in [9.17, 15) is 9.90 Å². The molecule has 6 heteroatoms. The maximum atomic E-state index is 12.0. The summed E-state index contributed by atoms with van der Waals surface area (Å²) in [5.74, 6) is 0.447. The van der Waals surface area contributed by atoms with Gasteiger partial charge in [-0.05, 0) is 25.5 Å². The molecule has 6 nitrogen and oxygen atoms in total. The van der Waals surface area contributed by atoms with Gasteiger partial charge in [0, 0.05) is 42.1 Å². The molecule has 0 aliphatic heterocycles. The maximum Gasteiger partial charge on any atom is 0.337 e. The molecule has 3 rings (SSSR count). The molecule has 2 aromatic carbocycles. The molecule has 0 atom stereocenters. The number of hydrogen-bond acceptors (Lipinski definition) is 4. The Morgan fingerprint density at radius 2 is 1.70 bits per heavy atom. The highest BCUT2D eigenvalue weighted by atomic mass is 16.5. The fraction of sp³-hybridized carbons (Fsp3) is 0.292. The molecule has 158 valence electrons. The molecule has 0 aliphatic carbocycles. The number of carboxylic acid groups (broad SMARTS) is 1. The third kappa shape index (κ3) is 4.33. The number of aromatic carboxylic acids is 1. The van der Waals surface area contributed by atoms with Crippen molar-refractivity contribution in [2.45, 2.75) is 33.5 Å². The lowest BCUT2D eigenvalue weighted by Crippen LogP contribution is -2.16. The fourth-order valence-corrected chi connectivity index (χ4v) is 3.87. The normalized spacial score (nSPS) is 10.8. The van der Waals surface area contributed by atoms with E-state index in [4.69, 9.17) is 9.47 Å². The highest BCUT2D eigenvalue weighted by molar-refractivity contribution is 5.91. The molecule has 3 aromatic rings. The molecule has 0 radical (unpaired) electrons. The molecular weight excluding hydrogens is 380 g/mol. The standard InChI is InChI=1S/C24H28N2O4/c1-16-20(14-25-13-19-11-8-12-21(29-3)23(19)30-4)22(24(27)28)17(2)26(16)15-18-9-6-5-7-10-18/h5-12,25H,13-15H2,1-4H3,(H,27,28). The van der Waals surface area contributed by atoms with Gasteiger partial charge in [0.15, 0.2) is 11.5 Å². The quantitative estimate of drug-likeness (QED) is 0.556. The van der Waals surface area contributed by atoms with Crippen molar-refractivity contribution in [1.82, 2.24) is 9.88 Å². The fourth-order valence-electron chi connectivity index (χ4n) is 3.87. The number of carbonyl (C=O) groups is 1. The molecule has 2 N–H and O–H groups in total. The van der Waals surface area contributed by atoms with Crippen molar-refractivity contribution in [1.29, 1.82) is 0 Å². The summed E-state index contributed by atoms with van der Waals surface area (Å²) in [6.07, 6.45) is 0. The minimum Gasteiger partial charge on any atom is -0.493 e. The predicted molar refractivity (Wildman–Crippen MR) is 116 cm³/mol. The van der Waals surface area contributed by atoms with Gasteiger partial charge >= 0.3 is 5.97 Å². The van der Waals surface area contributed by atoms with Gasteiger partial charge in [0.25, 0.3) is 0 Å². The van der Waals surface area contributed by atoms with E-state index in [0.29, 0.717) is 36.7 Å². The topological polar surface area (TPSA) is 72.7 Å². The van der Waals surface area contributed by atoms with Crippen molar-refractivity contribution in [2.24, 2.45) is 0 Å². The first-order valence-electron chi connectivity index (χ1n) is 9.84. The molecule has 0 unspecified atom stereocenters. The van der Waals surface area contributed by atoms with E-state index in [-0.39, 0.29) is 0 Å². The first-order valence-corrected chi connectivity index (χ1v) is 9.84. The van der Waals surface area contributed by atoms with Crippen molar-refractivity contribution >= 4 is 5.97 Å². The average Bonchev–Trinajstić information content (AvgIpc) is 2.98. The Kier molecular flexibility index (Phi) is 6.79. The van der Waals surface area contributed by atoms with Crippen LogP contribution in [0.3, 0.4) is 0 Å². The van der Waals surface area contributed by atoms with Crippen molar-refractivity contribution < 1.29 is 19.4 Å². The number of nitrogens with one attached hydrogen (secondary N) is 1. The van der Waals surface area contributed by atoms with E-state index in [1.165, 1.54) is 0 Å². The lowest BCUT2D eigenvalue weighted by Gasteiger charge is -2.13. The van der Waals surface area contributed by atoms with Crippen LogP contribution in [0.1, 0.15) is 38.4 Å². The molecule has 0 fully saturated rings. The summed E-state index contributed by atoms with van der Waals surface area (Å²) < 4.78 is 12.9. The predicted octanol–water partition coefficient (Wildman–Crippen LogP) is 4.16. The Labute approximate surface area is 177 Å². The number of nitrogens with zero attached hydrogens (tertiary/aromatic N) is 1. The second kappa shape index (κ2) is 9.50. The molecule has 0 amide bonds. The monoisotopic (exact) mass is 408 g/mol. The van der Waals surface area contributed by atoms with Crippen LogP contribution < -0.4 is 14.8 Å². The van der Waals surface area contributed by atoms with Crippen LogP contribution in [0.2, 0.25) is 0 Å². The number of rotatable bonds is 9. The van der Waals surface area contributed by atoms with Gasteiger partial charge in [-0.2, -0.15) is 0 Å². The van der Waals surface area contributed by atoms with Crippen LogP contribution in [0.15, 0.2) is 48.5 Å². The SMILES string of the molecule is COc1cccc(CNCc2c(C(=O)O)c(C)n(Cc3ccccc3)c2C)c1OC. The minimum absolute atomic E-state index is 0.369. The Morgan fingerprint density at radius 3 is 2.33 bits per heavy atom. The maximum absolute atomic E-state index is 12.0. The number of aromatic nitrogens is 1. The summed E-state index contributed by atoms with van der Waals surface area (Å²) in [5, 5.41) is 13.2. The number of para-hydroxylation sites is 1. The molecule has 0 bridgehead atoms. The summed E-state index contributed by atoms with van der Waals surface area (Å²) in [4.78, 5) is 12.0. The Bertz CT molecular complexity index is 1030. The van der Waals surface area contributed by atoms with Gasteiger partial charge < -0.3 is 24.5 Å². The largest absolute Gasteiger partial charge is 0.493 e. The Balaban J connectivity index is 1.84. The average molecular weight is 408 g/mol. The smallest absolute Gasteiger partial charge is 0.337 e. The zero-order chi connectivity index (χ0) is 21.7. The number of ether oxygens (including phenoxy) is 2. The highest BCUT2D eigenvalue weighted by Gasteiger charge is 2.22. The van der Waals surface area contributed by atoms with Gasteiger partial charge in [0.05, 0.1) is 19.8 Å². The third-order valence-electron chi connectivity index (χ3n) is 5.41. The van der Waals surface area contributed by atoms with Gasteiger partial charge in [0.1, 0.15) is 0 Å². The molecule has 1 aromatic heterocycles. The highest BCUT2D eigenvalue weighted by Crippen LogP contribution is 2.31. The first-order chi connectivity index (χ1) is 14.5. The van der Waals surface area contributed by atoms with E-state index in [2.05, 4.69) is 9.88 Å². The molecule has 0 saturated heterocycles. The molecular formula is C24H28N2O4. The van der Waals surface area contributed by atoms with Gasteiger partial charge in [0.2, 0.25) is 0 Å². The molecule has 0 aliphatic rings. The number of hydrogen-bond donors (Lipinski definition) is 2. The number of benzene rings is 2. The Morgan fingerprint density at radius 1 is 0.967 bits per heavy atom. The van der Waals surface area contributed by atoms with E-state index in [0.717, 1.165) is 28.1 Å². The molecule has 30 heavy (non-hydrogen) atoms. The van der Waals surface area contributed by atoms with E-state index in [1.807, 2.05) is 62.4 Å². The summed E-state index contributed by atoms with van der Waals surface area (Å²) in [5.41, 5.74) is 4.98. The zero-order valence-corrected chi connectivity index (χ0v) is 17.9. The van der Waals surface area contributed by atoms with Gasteiger partial charge in [-0.3, -0.25) is 0 Å². The van der Waals surface area contributed by atoms with Crippen molar-refractivity contribution in [3.05, 3.63) is 82.2 Å². The van der Waals surface area contributed by atoms with E-state index >= 15 is 0 Å². The van der Waals surface area contributed by atoms with Gasteiger partial charge in [-0.25, -0.2) is 4.79 Å². The van der Waals surface area contributed by atoms with Crippen LogP contribution >= 0.6 is 0 Å². The van der Waals surface area contributed by atoms with Gasteiger partial charge in [-0.15, -0.1) is 0 Å². The molecule has 0 spiro atoms. The number of methoxy groups -OCH3 is 2. The second-order valence-electron chi connectivity index (χ2n) is 7.16. The van der Waals surface area contributed by atoms with Crippen LogP contribution in [0.5, 0.6) is 11.5 Å². The summed E-state index contributed by atoms with van der Waals surface area (Å²) >= 11 is 0. The van der Waals surface area contributed by atoms with Crippen molar-refractivity contribution in [2.75, 3.05) is 14.2 Å². The van der Waals surface area contributed by atoms with Crippen LogP contribution in [0, 0.1) is 13.8 Å².